The van der Waals surface area contributed by atoms with Gasteiger partial charge >= 0.3 is 0 Å². The molecule has 0 spiro atoms. The monoisotopic (exact) mass is 281 g/mol. The Kier molecular flexibility index (Phi) is 3.59. The highest BCUT2D eigenvalue weighted by molar-refractivity contribution is 9.09. The zero-order valence-corrected chi connectivity index (χ0v) is 9.58. The van der Waals surface area contributed by atoms with Crippen molar-refractivity contribution in [2.45, 2.75) is 0 Å². The van der Waals surface area contributed by atoms with Gasteiger partial charge in [0.25, 0.3) is 0 Å². The first-order valence-electron chi connectivity index (χ1n) is 3.40. The molecule has 0 bridgehead atoms. The van der Waals surface area contributed by atoms with Crippen molar-refractivity contribution in [3.8, 4) is 0 Å². The van der Waals surface area contributed by atoms with Crippen LogP contribution in [0.25, 0.3) is 0 Å². The van der Waals surface area contributed by atoms with E-state index in [1.54, 1.807) is 0 Å². The van der Waals surface area contributed by atoms with Gasteiger partial charge in [0.1, 0.15) is 0 Å². The maximum Gasteiger partial charge on any atom is 0.174 e. The predicted octanol–water partition coefficient (Wildman–Crippen LogP) is 3.15. The van der Waals surface area contributed by atoms with Crippen LogP contribution in [0.3, 0.4) is 0 Å². The SMILES string of the molecule is Nc1cc(Cl)c(C(=O)CBr)cc1Cl. The minimum Gasteiger partial charge on any atom is -0.397 e. The minimum absolute atomic E-state index is 0.119. The van der Waals surface area contributed by atoms with Crippen LogP contribution in [0.2, 0.25) is 10.0 Å². The normalized spacial score (nSPS) is 10.1. The molecule has 2 nitrogen and oxygen atoms in total. The summed E-state index contributed by atoms with van der Waals surface area (Å²) in [6.07, 6.45) is 0. The molecule has 1 aromatic rings. The van der Waals surface area contributed by atoms with Crippen molar-refractivity contribution in [1.29, 1.82) is 0 Å². The minimum atomic E-state index is -0.119. The number of alkyl halides is 1. The summed E-state index contributed by atoms with van der Waals surface area (Å²) in [5, 5.41) is 0.882. The number of hydrogen-bond acceptors (Lipinski definition) is 2. The van der Waals surface area contributed by atoms with Crippen LogP contribution in [0.5, 0.6) is 0 Å². The summed E-state index contributed by atoms with van der Waals surface area (Å²) in [7, 11) is 0. The maximum absolute atomic E-state index is 11.3. The summed E-state index contributed by atoms with van der Waals surface area (Å²) in [5.41, 5.74) is 6.25. The first kappa shape index (κ1) is 10.8. The molecule has 0 amide bonds. The van der Waals surface area contributed by atoms with E-state index in [4.69, 9.17) is 28.9 Å². The highest BCUT2D eigenvalue weighted by Gasteiger charge is 2.11. The predicted molar refractivity (Wildman–Crippen MR) is 59.0 cm³/mol. The van der Waals surface area contributed by atoms with Crippen LogP contribution in [0.4, 0.5) is 5.69 Å². The Bertz CT molecular complexity index is 354. The molecule has 0 unspecified atom stereocenters. The number of ketones is 1. The lowest BCUT2D eigenvalue weighted by Crippen LogP contribution is -2.02. The molecule has 0 aliphatic carbocycles. The highest BCUT2D eigenvalue weighted by atomic mass is 79.9. The van der Waals surface area contributed by atoms with Gasteiger partial charge in [0, 0.05) is 5.56 Å². The molecule has 0 radical (unpaired) electrons. The Hall–Kier alpha value is -0.250. The van der Waals surface area contributed by atoms with E-state index in [0.29, 0.717) is 21.3 Å². The van der Waals surface area contributed by atoms with Crippen LogP contribution >= 0.6 is 39.1 Å². The second-order valence-electron chi connectivity index (χ2n) is 2.41. The number of rotatable bonds is 2. The first-order chi connectivity index (χ1) is 6.06. The fraction of sp³-hybridized carbons (Fsp3) is 0.125. The van der Waals surface area contributed by atoms with Gasteiger partial charge < -0.3 is 5.73 Å². The van der Waals surface area contributed by atoms with E-state index < -0.39 is 0 Å². The van der Waals surface area contributed by atoms with Gasteiger partial charge in [-0.1, -0.05) is 39.1 Å². The van der Waals surface area contributed by atoms with Crippen LogP contribution in [-0.2, 0) is 0 Å². The lowest BCUT2D eigenvalue weighted by Gasteiger charge is -2.04. The largest absolute Gasteiger partial charge is 0.397 e. The van der Waals surface area contributed by atoms with Crippen LogP contribution in [0, 0.1) is 0 Å². The number of hydrogen-bond donors (Lipinski definition) is 1. The summed E-state index contributed by atoms with van der Waals surface area (Å²) >= 11 is 14.6. The number of carbonyl (C=O) groups excluding carboxylic acids is 1. The lowest BCUT2D eigenvalue weighted by molar-refractivity contribution is 0.102. The van der Waals surface area contributed by atoms with Crippen molar-refractivity contribution >= 4 is 50.6 Å². The van der Waals surface area contributed by atoms with E-state index in [1.165, 1.54) is 12.1 Å². The molecule has 5 heteroatoms. The standard InChI is InChI=1S/C8H6BrCl2NO/c9-3-8(13)4-1-6(11)7(12)2-5(4)10/h1-2H,3,12H2. The van der Waals surface area contributed by atoms with Crippen molar-refractivity contribution in [1.82, 2.24) is 0 Å². The molecule has 70 valence electrons. The summed E-state index contributed by atoms with van der Waals surface area (Å²) in [6, 6.07) is 2.95. The number of Topliss-reactive ketones (excluding diaryl/α,β-unsaturated/α-hetero) is 1. The summed E-state index contributed by atoms with van der Waals surface area (Å²) in [4.78, 5) is 11.3. The molecule has 0 saturated carbocycles. The van der Waals surface area contributed by atoms with E-state index in [9.17, 15) is 4.79 Å². The van der Waals surface area contributed by atoms with Gasteiger partial charge in [-0.05, 0) is 12.1 Å². The Labute approximate surface area is 94.1 Å². The number of nitrogens with two attached hydrogens (primary N) is 1. The number of carbonyl (C=O) groups is 1. The molecule has 0 fully saturated rings. The molecular weight excluding hydrogens is 277 g/mol. The fourth-order valence-corrected chi connectivity index (χ4v) is 1.59. The average Bonchev–Trinajstić information content (AvgIpc) is 2.10. The topological polar surface area (TPSA) is 43.1 Å². The molecule has 1 rings (SSSR count). The number of anilines is 1. The van der Waals surface area contributed by atoms with Gasteiger partial charge in [0.2, 0.25) is 0 Å². The van der Waals surface area contributed by atoms with E-state index in [0.717, 1.165) is 0 Å². The van der Waals surface area contributed by atoms with Crippen molar-refractivity contribution in [3.05, 3.63) is 27.7 Å². The zero-order chi connectivity index (χ0) is 10.0. The Morgan fingerprint density at radius 2 is 2.00 bits per heavy atom. The van der Waals surface area contributed by atoms with Gasteiger partial charge in [0.15, 0.2) is 5.78 Å². The van der Waals surface area contributed by atoms with Crippen LogP contribution < -0.4 is 5.73 Å². The van der Waals surface area contributed by atoms with Crippen molar-refractivity contribution in [2.75, 3.05) is 11.1 Å². The molecular formula is C8H6BrCl2NO. The summed E-state index contributed by atoms with van der Waals surface area (Å²) in [5.74, 6) is -0.119. The van der Waals surface area contributed by atoms with Crippen molar-refractivity contribution in [2.24, 2.45) is 0 Å². The fourth-order valence-electron chi connectivity index (χ4n) is 0.848. The molecule has 0 atom stereocenters. The van der Waals surface area contributed by atoms with Gasteiger partial charge in [-0.3, -0.25) is 4.79 Å². The third-order valence-electron chi connectivity index (χ3n) is 1.51. The van der Waals surface area contributed by atoms with Crippen molar-refractivity contribution in [3.63, 3.8) is 0 Å². The van der Waals surface area contributed by atoms with Gasteiger partial charge in [-0.25, -0.2) is 0 Å². The smallest absolute Gasteiger partial charge is 0.174 e. The molecule has 0 aromatic heterocycles. The summed E-state index contributed by atoms with van der Waals surface area (Å²) in [6.45, 7) is 0. The average molecular weight is 283 g/mol. The Morgan fingerprint density at radius 1 is 1.38 bits per heavy atom. The van der Waals surface area contributed by atoms with Crippen LogP contribution in [0.15, 0.2) is 12.1 Å². The third kappa shape index (κ3) is 2.36. The molecule has 1 aromatic carbocycles. The maximum atomic E-state index is 11.3. The number of halogens is 3. The zero-order valence-electron chi connectivity index (χ0n) is 6.48. The Morgan fingerprint density at radius 3 is 2.54 bits per heavy atom. The second-order valence-corrected chi connectivity index (χ2v) is 3.79. The molecule has 0 saturated heterocycles. The van der Waals surface area contributed by atoms with E-state index in [1.807, 2.05) is 0 Å². The van der Waals surface area contributed by atoms with Gasteiger partial charge in [0.05, 0.1) is 21.1 Å². The Balaban J connectivity index is 3.23. The quantitative estimate of drug-likeness (QED) is 0.514. The lowest BCUT2D eigenvalue weighted by atomic mass is 10.1. The third-order valence-corrected chi connectivity index (χ3v) is 2.66. The number of nitrogen functional groups attached to an aromatic ring is 1. The molecule has 2 N–H and O–H groups in total. The molecule has 13 heavy (non-hydrogen) atoms. The van der Waals surface area contributed by atoms with Crippen LogP contribution in [0.1, 0.15) is 10.4 Å². The molecule has 0 heterocycles. The molecule has 0 aliphatic rings. The van der Waals surface area contributed by atoms with Crippen molar-refractivity contribution < 1.29 is 4.79 Å². The van der Waals surface area contributed by atoms with E-state index in [-0.39, 0.29) is 11.1 Å². The first-order valence-corrected chi connectivity index (χ1v) is 5.27. The number of benzene rings is 1. The van der Waals surface area contributed by atoms with E-state index >= 15 is 0 Å². The van der Waals surface area contributed by atoms with Gasteiger partial charge in [-0.15, -0.1) is 0 Å². The van der Waals surface area contributed by atoms with Crippen LogP contribution in [-0.4, -0.2) is 11.1 Å². The molecule has 0 aliphatic heterocycles. The van der Waals surface area contributed by atoms with Gasteiger partial charge in [-0.2, -0.15) is 0 Å². The highest BCUT2D eigenvalue weighted by Crippen LogP contribution is 2.27. The second kappa shape index (κ2) is 4.31. The van der Waals surface area contributed by atoms with E-state index in [2.05, 4.69) is 15.9 Å². The summed E-state index contributed by atoms with van der Waals surface area (Å²) < 4.78 is 0.